The van der Waals surface area contributed by atoms with Gasteiger partial charge in [0.25, 0.3) is 5.91 Å². The Morgan fingerprint density at radius 3 is 2.75 bits per heavy atom. The molecule has 0 aliphatic rings. The fourth-order valence-corrected chi connectivity index (χ4v) is 2.07. The molecule has 0 aliphatic carbocycles. The maximum atomic E-state index is 13.2. The van der Waals surface area contributed by atoms with Gasteiger partial charge in [0.2, 0.25) is 0 Å². The van der Waals surface area contributed by atoms with Gasteiger partial charge in [-0.1, -0.05) is 12.1 Å². The molecule has 3 aromatic rings. The van der Waals surface area contributed by atoms with E-state index in [1.165, 1.54) is 18.2 Å². The van der Waals surface area contributed by atoms with Gasteiger partial charge < -0.3 is 4.42 Å². The van der Waals surface area contributed by atoms with Crippen molar-refractivity contribution in [3.63, 3.8) is 0 Å². The molecule has 0 amide bonds. The summed E-state index contributed by atoms with van der Waals surface area (Å²) in [5.74, 6) is -1.93. The van der Waals surface area contributed by atoms with E-state index in [0.29, 0.717) is 11.1 Å². The first-order valence-electron chi connectivity index (χ1n) is 5.99. The van der Waals surface area contributed by atoms with Crippen LogP contribution in [-0.4, -0.2) is 10.5 Å². The van der Waals surface area contributed by atoms with Crippen LogP contribution in [0.15, 0.2) is 51.7 Å². The highest BCUT2D eigenvalue weighted by molar-refractivity contribution is 6.00. The van der Waals surface area contributed by atoms with Crippen LogP contribution in [-0.2, 0) is 0 Å². The number of oxazole rings is 1. The summed E-state index contributed by atoms with van der Waals surface area (Å²) in [6, 6.07) is 10.3. The highest BCUT2D eigenvalue weighted by Gasteiger charge is 2.17. The van der Waals surface area contributed by atoms with E-state index < -0.39 is 17.5 Å². The second kappa shape index (κ2) is 4.45. The van der Waals surface area contributed by atoms with Gasteiger partial charge in [0, 0.05) is 5.56 Å². The standard InChI is InChI=1S/C15H10FNO3/c1-9-5-6-12-13(7-9)20-15(19)17(12)14(18)10-3-2-4-11(16)8-10/h2-8H,1H3. The number of rotatable bonds is 1. The number of hydrogen-bond acceptors (Lipinski definition) is 3. The first kappa shape index (κ1) is 12.3. The van der Waals surface area contributed by atoms with E-state index in [1.807, 2.05) is 6.92 Å². The molecule has 4 nitrogen and oxygen atoms in total. The predicted octanol–water partition coefficient (Wildman–Crippen LogP) is 2.73. The van der Waals surface area contributed by atoms with Crippen molar-refractivity contribution in [1.82, 2.24) is 4.57 Å². The van der Waals surface area contributed by atoms with Gasteiger partial charge in [0.05, 0.1) is 5.52 Å². The Morgan fingerprint density at radius 2 is 2.00 bits per heavy atom. The Kier molecular flexibility index (Phi) is 2.75. The molecule has 0 fully saturated rings. The molecule has 0 atom stereocenters. The van der Waals surface area contributed by atoms with E-state index in [1.54, 1.807) is 18.2 Å². The second-order valence-corrected chi connectivity index (χ2v) is 4.49. The Labute approximate surface area is 113 Å². The van der Waals surface area contributed by atoms with Crippen LogP contribution in [0.5, 0.6) is 0 Å². The number of hydrogen-bond donors (Lipinski definition) is 0. The number of carbonyl (C=O) groups is 1. The molecule has 0 aliphatic heterocycles. The average Bonchev–Trinajstić information content (AvgIpc) is 2.73. The van der Waals surface area contributed by atoms with Crippen molar-refractivity contribution in [2.24, 2.45) is 0 Å². The summed E-state index contributed by atoms with van der Waals surface area (Å²) < 4.78 is 19.1. The summed E-state index contributed by atoms with van der Waals surface area (Å²) in [7, 11) is 0. The lowest BCUT2D eigenvalue weighted by Crippen LogP contribution is -2.23. The third-order valence-electron chi connectivity index (χ3n) is 3.01. The summed E-state index contributed by atoms with van der Waals surface area (Å²) >= 11 is 0. The Morgan fingerprint density at radius 1 is 1.20 bits per heavy atom. The summed E-state index contributed by atoms with van der Waals surface area (Å²) in [5, 5.41) is 0. The van der Waals surface area contributed by atoms with Crippen molar-refractivity contribution in [3.05, 3.63) is 70.0 Å². The number of benzene rings is 2. The van der Waals surface area contributed by atoms with Gasteiger partial charge in [0.15, 0.2) is 5.58 Å². The molecular weight excluding hydrogens is 261 g/mol. The monoisotopic (exact) mass is 271 g/mol. The summed E-state index contributed by atoms with van der Waals surface area (Å²) in [6.07, 6.45) is 0. The van der Waals surface area contributed by atoms with Gasteiger partial charge in [-0.05, 0) is 42.8 Å². The molecule has 0 saturated carbocycles. The largest absolute Gasteiger partial charge is 0.427 e. The summed E-state index contributed by atoms with van der Waals surface area (Å²) in [4.78, 5) is 24.1. The van der Waals surface area contributed by atoms with Crippen LogP contribution in [0.25, 0.3) is 11.1 Å². The van der Waals surface area contributed by atoms with E-state index >= 15 is 0 Å². The van der Waals surface area contributed by atoms with Gasteiger partial charge in [-0.3, -0.25) is 4.79 Å². The Bertz CT molecular complexity index is 876. The van der Waals surface area contributed by atoms with Crippen molar-refractivity contribution >= 4 is 17.0 Å². The quantitative estimate of drug-likeness (QED) is 0.683. The van der Waals surface area contributed by atoms with E-state index in [0.717, 1.165) is 16.2 Å². The Hall–Kier alpha value is -2.69. The van der Waals surface area contributed by atoms with Crippen LogP contribution in [0.2, 0.25) is 0 Å². The third-order valence-corrected chi connectivity index (χ3v) is 3.01. The predicted molar refractivity (Wildman–Crippen MR) is 71.3 cm³/mol. The van der Waals surface area contributed by atoms with Crippen LogP contribution in [0.1, 0.15) is 15.9 Å². The number of nitrogens with zero attached hydrogens (tertiary/aromatic N) is 1. The maximum absolute atomic E-state index is 13.2. The van der Waals surface area contributed by atoms with Crippen molar-refractivity contribution in [2.45, 2.75) is 6.92 Å². The highest BCUT2D eigenvalue weighted by Crippen LogP contribution is 2.16. The van der Waals surface area contributed by atoms with Crippen molar-refractivity contribution in [1.29, 1.82) is 0 Å². The molecule has 0 saturated heterocycles. The van der Waals surface area contributed by atoms with E-state index in [4.69, 9.17) is 4.42 Å². The number of halogens is 1. The van der Waals surface area contributed by atoms with E-state index in [9.17, 15) is 14.0 Å². The zero-order valence-electron chi connectivity index (χ0n) is 10.6. The molecular formula is C15H10FNO3. The fraction of sp³-hybridized carbons (Fsp3) is 0.0667. The first-order chi connectivity index (χ1) is 9.56. The van der Waals surface area contributed by atoms with Crippen molar-refractivity contribution in [2.75, 3.05) is 0 Å². The number of aromatic nitrogens is 1. The smallest absolute Gasteiger partial charge is 0.407 e. The third kappa shape index (κ3) is 1.93. The molecule has 100 valence electrons. The number of aryl methyl sites for hydroxylation is 1. The summed E-state index contributed by atoms with van der Waals surface area (Å²) in [5.41, 5.74) is 1.71. The van der Waals surface area contributed by atoms with Gasteiger partial charge in [-0.25, -0.2) is 13.8 Å². The average molecular weight is 271 g/mol. The minimum Gasteiger partial charge on any atom is -0.407 e. The highest BCUT2D eigenvalue weighted by atomic mass is 19.1. The molecule has 0 N–H and O–H groups in total. The van der Waals surface area contributed by atoms with Gasteiger partial charge in [-0.2, -0.15) is 0 Å². The molecule has 5 heteroatoms. The summed E-state index contributed by atoms with van der Waals surface area (Å²) in [6.45, 7) is 1.85. The van der Waals surface area contributed by atoms with E-state index in [2.05, 4.69) is 0 Å². The molecule has 0 radical (unpaired) electrons. The van der Waals surface area contributed by atoms with Gasteiger partial charge >= 0.3 is 5.76 Å². The molecule has 1 heterocycles. The van der Waals surface area contributed by atoms with Crippen LogP contribution in [0, 0.1) is 12.7 Å². The minimum absolute atomic E-state index is 0.0929. The lowest BCUT2D eigenvalue weighted by molar-refractivity contribution is 0.0956. The van der Waals surface area contributed by atoms with Crippen molar-refractivity contribution < 1.29 is 13.6 Å². The first-order valence-corrected chi connectivity index (χ1v) is 5.99. The SMILES string of the molecule is Cc1ccc2c(c1)oc(=O)n2C(=O)c1cccc(F)c1. The lowest BCUT2D eigenvalue weighted by Gasteiger charge is -2.01. The van der Waals surface area contributed by atoms with Crippen LogP contribution in [0.3, 0.4) is 0 Å². The minimum atomic E-state index is -0.778. The van der Waals surface area contributed by atoms with Crippen LogP contribution < -0.4 is 5.76 Å². The molecule has 0 bridgehead atoms. The van der Waals surface area contributed by atoms with Crippen LogP contribution in [0.4, 0.5) is 4.39 Å². The second-order valence-electron chi connectivity index (χ2n) is 4.49. The van der Waals surface area contributed by atoms with Gasteiger partial charge in [-0.15, -0.1) is 0 Å². The molecule has 20 heavy (non-hydrogen) atoms. The zero-order chi connectivity index (χ0) is 14.3. The molecule has 3 rings (SSSR count). The van der Waals surface area contributed by atoms with E-state index in [-0.39, 0.29) is 5.56 Å². The zero-order valence-corrected chi connectivity index (χ0v) is 10.6. The topological polar surface area (TPSA) is 52.2 Å². The normalized spacial score (nSPS) is 10.9. The van der Waals surface area contributed by atoms with Gasteiger partial charge in [0.1, 0.15) is 5.82 Å². The number of fused-ring (bicyclic) bond motifs is 1. The fourth-order valence-electron chi connectivity index (χ4n) is 2.07. The molecule has 0 spiro atoms. The molecule has 2 aromatic carbocycles. The molecule has 1 aromatic heterocycles. The number of carbonyl (C=O) groups excluding carboxylic acids is 1. The van der Waals surface area contributed by atoms with Crippen molar-refractivity contribution in [3.8, 4) is 0 Å². The molecule has 0 unspecified atom stereocenters. The lowest BCUT2D eigenvalue weighted by atomic mass is 10.2. The Balaban J connectivity index is 2.22. The maximum Gasteiger partial charge on any atom is 0.427 e. The van der Waals surface area contributed by atoms with Crippen LogP contribution >= 0.6 is 0 Å².